The Morgan fingerprint density at radius 2 is 1.83 bits per heavy atom. The second kappa shape index (κ2) is 9.93. The van der Waals surface area contributed by atoms with Crippen LogP contribution in [0.3, 0.4) is 0 Å². The average molecular weight is 398 g/mol. The van der Waals surface area contributed by atoms with Crippen molar-refractivity contribution in [1.29, 1.82) is 0 Å². The van der Waals surface area contributed by atoms with E-state index < -0.39 is 0 Å². The Labute approximate surface area is 170 Å². The molecule has 3 rings (SSSR count). The molecule has 154 valence electrons. The van der Waals surface area contributed by atoms with Crippen molar-refractivity contribution in [2.45, 2.75) is 19.4 Å². The molecule has 1 aliphatic heterocycles. The van der Waals surface area contributed by atoms with Crippen LogP contribution in [0.1, 0.15) is 12.5 Å². The maximum atomic E-state index is 12.3. The minimum atomic E-state index is -0.265. The molecule has 1 N–H and O–H groups in total. The van der Waals surface area contributed by atoms with Gasteiger partial charge in [-0.2, -0.15) is 0 Å². The molecule has 7 nitrogen and oxygen atoms in total. The summed E-state index contributed by atoms with van der Waals surface area (Å²) in [4.78, 5) is 26.2. The van der Waals surface area contributed by atoms with Crippen LogP contribution in [0.25, 0.3) is 0 Å². The van der Waals surface area contributed by atoms with Crippen LogP contribution in [0.2, 0.25) is 0 Å². The Balaban J connectivity index is 1.50. The van der Waals surface area contributed by atoms with E-state index in [0.717, 1.165) is 22.7 Å². The van der Waals surface area contributed by atoms with Gasteiger partial charge >= 0.3 is 0 Å². The van der Waals surface area contributed by atoms with Crippen LogP contribution in [0.4, 0.5) is 5.69 Å². The van der Waals surface area contributed by atoms with E-state index in [4.69, 9.17) is 14.2 Å². The molecule has 1 heterocycles. The van der Waals surface area contributed by atoms with Gasteiger partial charge < -0.3 is 24.4 Å². The second-order valence-corrected chi connectivity index (χ2v) is 6.69. The van der Waals surface area contributed by atoms with Crippen LogP contribution in [0.15, 0.2) is 48.5 Å². The number of methoxy groups -OCH3 is 1. The number of nitrogens with zero attached hydrogens (tertiary/aromatic N) is 1. The molecule has 29 heavy (non-hydrogen) atoms. The number of hydrogen-bond acceptors (Lipinski definition) is 5. The highest BCUT2D eigenvalue weighted by molar-refractivity contribution is 5.95. The topological polar surface area (TPSA) is 77.1 Å². The number of morpholine rings is 1. The number of hydrogen-bond donors (Lipinski definition) is 1. The summed E-state index contributed by atoms with van der Waals surface area (Å²) in [5, 5.41) is 2.89. The lowest BCUT2D eigenvalue weighted by Gasteiger charge is -2.33. The number of anilines is 1. The zero-order valence-electron chi connectivity index (χ0n) is 16.7. The Kier molecular flexibility index (Phi) is 7.08. The molecular weight excluding hydrogens is 372 g/mol. The third-order valence-electron chi connectivity index (χ3n) is 4.64. The van der Waals surface area contributed by atoms with Crippen molar-refractivity contribution >= 4 is 17.5 Å². The number of carbonyl (C=O) groups excluding carboxylic acids is 2. The van der Waals surface area contributed by atoms with Crippen molar-refractivity contribution in [1.82, 2.24) is 5.32 Å². The van der Waals surface area contributed by atoms with Gasteiger partial charge in [0.15, 0.2) is 0 Å². The van der Waals surface area contributed by atoms with Crippen LogP contribution < -0.4 is 19.7 Å². The molecule has 1 fully saturated rings. The summed E-state index contributed by atoms with van der Waals surface area (Å²) >= 11 is 0. The zero-order chi connectivity index (χ0) is 20.6. The monoisotopic (exact) mass is 398 g/mol. The van der Waals surface area contributed by atoms with Crippen molar-refractivity contribution in [2.24, 2.45) is 0 Å². The zero-order valence-corrected chi connectivity index (χ0v) is 16.7. The minimum absolute atomic E-state index is 0.00848. The van der Waals surface area contributed by atoms with Crippen LogP contribution in [0, 0.1) is 0 Å². The number of benzene rings is 2. The Bertz CT molecular complexity index is 820. The molecule has 0 aromatic heterocycles. The first kappa shape index (κ1) is 20.7. The Morgan fingerprint density at radius 1 is 1.14 bits per heavy atom. The number of nitrogens with one attached hydrogen (secondary N) is 1. The second-order valence-electron chi connectivity index (χ2n) is 6.69. The Hall–Kier alpha value is -3.06. The highest BCUT2D eigenvalue weighted by atomic mass is 16.5. The van der Waals surface area contributed by atoms with Crippen LogP contribution >= 0.6 is 0 Å². The summed E-state index contributed by atoms with van der Waals surface area (Å²) in [6.45, 7) is 3.26. The lowest BCUT2D eigenvalue weighted by Crippen LogP contribution is -2.50. The van der Waals surface area contributed by atoms with Crippen LogP contribution in [0.5, 0.6) is 11.5 Å². The number of carbonyl (C=O) groups is 2. The van der Waals surface area contributed by atoms with Gasteiger partial charge in [0.25, 0.3) is 5.91 Å². The SMILES string of the molecule is CCOc1ccc(CC(=O)NCC2CN(c3ccc(OC)cc3)C(=O)CO2)cc1. The summed E-state index contributed by atoms with van der Waals surface area (Å²) in [5.74, 6) is 1.32. The van der Waals surface area contributed by atoms with Crippen molar-refractivity contribution in [3.63, 3.8) is 0 Å². The van der Waals surface area contributed by atoms with Gasteiger partial charge in [-0.15, -0.1) is 0 Å². The number of ether oxygens (including phenoxy) is 3. The van der Waals surface area contributed by atoms with E-state index in [2.05, 4.69) is 5.32 Å². The fraction of sp³-hybridized carbons (Fsp3) is 0.364. The summed E-state index contributed by atoms with van der Waals surface area (Å²) in [5.41, 5.74) is 1.69. The molecule has 1 atom stereocenters. The minimum Gasteiger partial charge on any atom is -0.497 e. The van der Waals surface area contributed by atoms with E-state index in [1.165, 1.54) is 0 Å². The van der Waals surface area contributed by atoms with Crippen molar-refractivity contribution in [3.05, 3.63) is 54.1 Å². The summed E-state index contributed by atoms with van der Waals surface area (Å²) in [7, 11) is 1.60. The molecule has 1 unspecified atom stereocenters. The average Bonchev–Trinajstić information content (AvgIpc) is 2.75. The van der Waals surface area contributed by atoms with E-state index in [1.807, 2.05) is 55.5 Å². The van der Waals surface area contributed by atoms with Gasteiger partial charge in [-0.3, -0.25) is 9.59 Å². The van der Waals surface area contributed by atoms with Gasteiger partial charge in [-0.25, -0.2) is 0 Å². The fourth-order valence-corrected chi connectivity index (χ4v) is 3.11. The normalized spacial score (nSPS) is 16.4. The van der Waals surface area contributed by atoms with E-state index in [9.17, 15) is 9.59 Å². The Morgan fingerprint density at radius 3 is 2.48 bits per heavy atom. The van der Waals surface area contributed by atoms with Gasteiger partial charge in [-0.1, -0.05) is 12.1 Å². The quantitative estimate of drug-likeness (QED) is 0.738. The first-order valence-electron chi connectivity index (χ1n) is 9.63. The molecule has 2 aromatic carbocycles. The van der Waals surface area contributed by atoms with Crippen molar-refractivity contribution in [2.75, 3.05) is 38.3 Å². The lowest BCUT2D eigenvalue weighted by atomic mass is 10.1. The van der Waals surface area contributed by atoms with Crippen LogP contribution in [-0.4, -0.2) is 51.3 Å². The molecule has 1 saturated heterocycles. The molecule has 7 heteroatoms. The standard InChI is InChI=1S/C22H26N2O5/c1-3-28-19-8-4-16(5-9-19)12-21(25)23-13-20-14-24(22(26)15-29-20)17-6-10-18(27-2)11-7-17/h4-11,20H,3,12-15H2,1-2H3,(H,23,25). The highest BCUT2D eigenvalue weighted by Crippen LogP contribution is 2.22. The molecule has 0 saturated carbocycles. The fourth-order valence-electron chi connectivity index (χ4n) is 3.11. The third kappa shape index (κ3) is 5.71. The van der Waals surface area contributed by atoms with Gasteiger partial charge in [0.1, 0.15) is 18.1 Å². The van der Waals surface area contributed by atoms with Gasteiger partial charge in [-0.05, 0) is 48.9 Å². The van der Waals surface area contributed by atoms with Gasteiger partial charge in [0.2, 0.25) is 5.91 Å². The largest absolute Gasteiger partial charge is 0.497 e. The van der Waals surface area contributed by atoms with E-state index in [-0.39, 0.29) is 30.9 Å². The number of amides is 2. The molecule has 0 aliphatic carbocycles. The first-order chi connectivity index (χ1) is 14.1. The molecule has 0 radical (unpaired) electrons. The maximum absolute atomic E-state index is 12.3. The first-order valence-corrected chi connectivity index (χ1v) is 9.63. The van der Waals surface area contributed by atoms with Crippen LogP contribution in [-0.2, 0) is 20.7 Å². The molecule has 2 aromatic rings. The lowest BCUT2D eigenvalue weighted by molar-refractivity contribution is -0.129. The molecule has 0 bridgehead atoms. The summed E-state index contributed by atoms with van der Waals surface area (Å²) in [6, 6.07) is 14.8. The van der Waals surface area contributed by atoms with Crippen molar-refractivity contribution in [3.8, 4) is 11.5 Å². The summed E-state index contributed by atoms with van der Waals surface area (Å²) < 4.78 is 16.1. The highest BCUT2D eigenvalue weighted by Gasteiger charge is 2.27. The van der Waals surface area contributed by atoms with Crippen molar-refractivity contribution < 1.29 is 23.8 Å². The molecule has 0 spiro atoms. The predicted octanol–water partition coefficient (Wildman–Crippen LogP) is 2.18. The van der Waals surface area contributed by atoms with E-state index in [0.29, 0.717) is 19.7 Å². The van der Waals surface area contributed by atoms with E-state index in [1.54, 1.807) is 12.0 Å². The molecular formula is C22H26N2O5. The van der Waals surface area contributed by atoms with Gasteiger partial charge in [0.05, 0.1) is 32.8 Å². The predicted molar refractivity (Wildman–Crippen MR) is 109 cm³/mol. The molecule has 1 aliphatic rings. The molecule has 2 amide bonds. The smallest absolute Gasteiger partial charge is 0.253 e. The number of rotatable bonds is 8. The maximum Gasteiger partial charge on any atom is 0.253 e. The van der Waals surface area contributed by atoms with Gasteiger partial charge in [0, 0.05) is 12.2 Å². The van der Waals surface area contributed by atoms with E-state index >= 15 is 0 Å². The third-order valence-corrected chi connectivity index (χ3v) is 4.64. The summed E-state index contributed by atoms with van der Waals surface area (Å²) in [6.07, 6.45) is 0.0133.